The second-order valence-corrected chi connectivity index (χ2v) is 6.78. The van der Waals surface area contributed by atoms with Crippen molar-refractivity contribution in [3.05, 3.63) is 84.0 Å². The van der Waals surface area contributed by atoms with Crippen LogP contribution < -0.4 is 10.6 Å². The lowest BCUT2D eigenvalue weighted by molar-refractivity contribution is 0.102. The molecule has 138 valence electrons. The SMILES string of the molecule is O=C(Nc1ccc(C(=O)Nc2ccc(-n3cncn3)cc2)s1)c1ccncc1. The van der Waals surface area contributed by atoms with Crippen LogP contribution in [0.2, 0.25) is 0 Å². The highest BCUT2D eigenvalue weighted by atomic mass is 32.1. The van der Waals surface area contributed by atoms with E-state index in [0.29, 0.717) is 21.1 Å². The lowest BCUT2D eigenvalue weighted by Gasteiger charge is -2.05. The first kappa shape index (κ1) is 17.6. The Labute approximate surface area is 163 Å². The van der Waals surface area contributed by atoms with E-state index >= 15 is 0 Å². The van der Waals surface area contributed by atoms with Crippen LogP contribution in [0.1, 0.15) is 20.0 Å². The third-order valence-electron chi connectivity index (χ3n) is 3.82. The summed E-state index contributed by atoms with van der Waals surface area (Å²) in [6.45, 7) is 0. The first-order valence-electron chi connectivity index (χ1n) is 8.27. The largest absolute Gasteiger partial charge is 0.321 e. The number of thiophene rings is 1. The van der Waals surface area contributed by atoms with E-state index in [9.17, 15) is 9.59 Å². The summed E-state index contributed by atoms with van der Waals surface area (Å²) in [5.74, 6) is -0.497. The third kappa shape index (κ3) is 3.94. The molecule has 0 saturated heterocycles. The number of rotatable bonds is 5. The molecular weight excluding hydrogens is 376 g/mol. The molecule has 0 aliphatic carbocycles. The summed E-state index contributed by atoms with van der Waals surface area (Å²) in [7, 11) is 0. The molecule has 0 saturated carbocycles. The normalized spacial score (nSPS) is 10.4. The van der Waals surface area contributed by atoms with Crippen LogP contribution >= 0.6 is 11.3 Å². The summed E-state index contributed by atoms with van der Waals surface area (Å²) in [5, 5.41) is 10.3. The molecule has 0 aliphatic heterocycles. The molecule has 4 aromatic rings. The molecule has 2 amide bonds. The van der Waals surface area contributed by atoms with E-state index < -0.39 is 0 Å². The Hall–Kier alpha value is -3.85. The molecule has 0 unspecified atom stereocenters. The van der Waals surface area contributed by atoms with Crippen LogP contribution in [0.5, 0.6) is 0 Å². The molecule has 4 rings (SSSR count). The van der Waals surface area contributed by atoms with Crippen LogP contribution in [0.3, 0.4) is 0 Å². The zero-order chi connectivity index (χ0) is 19.3. The molecule has 0 radical (unpaired) electrons. The minimum atomic E-state index is -0.250. The third-order valence-corrected chi connectivity index (χ3v) is 4.82. The van der Waals surface area contributed by atoms with Gasteiger partial charge in [0, 0.05) is 23.6 Å². The maximum absolute atomic E-state index is 12.4. The molecule has 0 bridgehead atoms. The zero-order valence-corrected chi connectivity index (χ0v) is 15.3. The van der Waals surface area contributed by atoms with Gasteiger partial charge in [-0.3, -0.25) is 14.6 Å². The first-order chi connectivity index (χ1) is 13.7. The number of nitrogens with zero attached hydrogens (tertiary/aromatic N) is 4. The van der Waals surface area contributed by atoms with Crippen LogP contribution in [0.15, 0.2) is 73.6 Å². The number of nitrogens with one attached hydrogen (secondary N) is 2. The topological polar surface area (TPSA) is 102 Å². The van der Waals surface area contributed by atoms with E-state index in [1.54, 1.807) is 59.8 Å². The van der Waals surface area contributed by atoms with Gasteiger partial charge in [0.1, 0.15) is 12.7 Å². The number of benzene rings is 1. The number of carbonyl (C=O) groups is 2. The average molecular weight is 390 g/mol. The molecule has 0 fully saturated rings. The van der Waals surface area contributed by atoms with Gasteiger partial charge in [0.15, 0.2) is 0 Å². The molecule has 0 atom stereocenters. The lowest BCUT2D eigenvalue weighted by Crippen LogP contribution is -2.11. The van der Waals surface area contributed by atoms with Crippen molar-refractivity contribution in [3.8, 4) is 5.69 Å². The molecule has 2 N–H and O–H groups in total. The van der Waals surface area contributed by atoms with Crippen LogP contribution in [0.25, 0.3) is 5.69 Å². The molecule has 3 heterocycles. The van der Waals surface area contributed by atoms with Crippen molar-refractivity contribution < 1.29 is 9.59 Å². The predicted molar refractivity (Wildman–Crippen MR) is 106 cm³/mol. The Bertz CT molecular complexity index is 1090. The fourth-order valence-corrected chi connectivity index (χ4v) is 3.24. The van der Waals surface area contributed by atoms with Gasteiger partial charge in [-0.1, -0.05) is 0 Å². The van der Waals surface area contributed by atoms with Gasteiger partial charge in [-0.15, -0.1) is 11.3 Å². The van der Waals surface area contributed by atoms with Crippen molar-refractivity contribution in [1.82, 2.24) is 19.7 Å². The molecule has 8 nitrogen and oxygen atoms in total. The van der Waals surface area contributed by atoms with Crippen LogP contribution in [-0.2, 0) is 0 Å². The first-order valence-corrected chi connectivity index (χ1v) is 9.08. The van der Waals surface area contributed by atoms with E-state index in [1.807, 2.05) is 12.1 Å². The van der Waals surface area contributed by atoms with Crippen molar-refractivity contribution in [2.75, 3.05) is 10.6 Å². The predicted octanol–water partition coefficient (Wildman–Crippen LogP) is 3.23. The van der Waals surface area contributed by atoms with Crippen molar-refractivity contribution in [2.45, 2.75) is 0 Å². The van der Waals surface area contributed by atoms with E-state index in [2.05, 4.69) is 25.7 Å². The van der Waals surface area contributed by atoms with E-state index in [4.69, 9.17) is 0 Å². The number of aromatic nitrogens is 4. The van der Waals surface area contributed by atoms with Crippen LogP contribution in [0.4, 0.5) is 10.7 Å². The highest BCUT2D eigenvalue weighted by Gasteiger charge is 2.12. The summed E-state index contributed by atoms with van der Waals surface area (Å²) in [6.07, 6.45) is 6.16. The van der Waals surface area contributed by atoms with Gasteiger partial charge in [0.25, 0.3) is 11.8 Å². The Morgan fingerprint density at radius 1 is 0.857 bits per heavy atom. The maximum Gasteiger partial charge on any atom is 0.265 e. The molecule has 1 aromatic carbocycles. The summed E-state index contributed by atoms with van der Waals surface area (Å²) in [5.41, 5.74) is 2.00. The average Bonchev–Trinajstić information content (AvgIpc) is 3.41. The lowest BCUT2D eigenvalue weighted by atomic mass is 10.2. The van der Waals surface area contributed by atoms with Gasteiger partial charge in [-0.25, -0.2) is 9.67 Å². The Balaban J connectivity index is 1.40. The summed E-state index contributed by atoms with van der Waals surface area (Å²) in [4.78, 5) is 32.9. The van der Waals surface area contributed by atoms with Gasteiger partial charge in [0.05, 0.1) is 15.6 Å². The molecule has 9 heteroatoms. The molecular formula is C19H14N6O2S. The number of pyridine rings is 1. The standard InChI is InChI=1S/C19H14N6O2S/c26-18(13-7-9-20-10-8-13)24-17-6-5-16(28-17)19(27)23-14-1-3-15(4-2-14)25-12-21-11-22-25/h1-12H,(H,23,27)(H,24,26). The van der Waals surface area contributed by atoms with Gasteiger partial charge < -0.3 is 10.6 Å². The van der Waals surface area contributed by atoms with E-state index in [0.717, 1.165) is 5.69 Å². The van der Waals surface area contributed by atoms with Crippen molar-refractivity contribution in [1.29, 1.82) is 0 Å². The van der Waals surface area contributed by atoms with Crippen LogP contribution in [-0.4, -0.2) is 31.6 Å². The summed E-state index contributed by atoms with van der Waals surface area (Å²) in [6, 6.07) is 13.9. The second kappa shape index (κ2) is 7.80. The molecule has 0 aliphatic rings. The Kier molecular flexibility index (Phi) is 4.89. The Morgan fingerprint density at radius 2 is 1.64 bits per heavy atom. The quantitative estimate of drug-likeness (QED) is 0.545. The minimum absolute atomic E-state index is 0.247. The summed E-state index contributed by atoms with van der Waals surface area (Å²) >= 11 is 1.20. The van der Waals surface area contributed by atoms with Crippen molar-refractivity contribution in [2.24, 2.45) is 0 Å². The van der Waals surface area contributed by atoms with E-state index in [1.165, 1.54) is 17.7 Å². The highest BCUT2D eigenvalue weighted by Crippen LogP contribution is 2.24. The molecule has 28 heavy (non-hydrogen) atoms. The number of amides is 2. The zero-order valence-electron chi connectivity index (χ0n) is 14.4. The fourth-order valence-electron chi connectivity index (χ4n) is 2.45. The van der Waals surface area contributed by atoms with Crippen LogP contribution in [0, 0.1) is 0 Å². The Morgan fingerprint density at radius 3 is 2.36 bits per heavy atom. The minimum Gasteiger partial charge on any atom is -0.321 e. The van der Waals surface area contributed by atoms with Crippen molar-refractivity contribution >= 4 is 33.8 Å². The summed E-state index contributed by atoms with van der Waals surface area (Å²) < 4.78 is 1.63. The molecule has 0 spiro atoms. The number of anilines is 2. The molecule has 3 aromatic heterocycles. The highest BCUT2D eigenvalue weighted by molar-refractivity contribution is 7.18. The number of carbonyl (C=O) groups excluding carboxylic acids is 2. The van der Waals surface area contributed by atoms with Crippen molar-refractivity contribution in [3.63, 3.8) is 0 Å². The smallest absolute Gasteiger partial charge is 0.265 e. The van der Waals surface area contributed by atoms with Gasteiger partial charge in [-0.2, -0.15) is 5.10 Å². The monoisotopic (exact) mass is 390 g/mol. The number of hydrogen-bond donors (Lipinski definition) is 2. The maximum atomic E-state index is 12.4. The number of hydrogen-bond acceptors (Lipinski definition) is 6. The van der Waals surface area contributed by atoms with E-state index in [-0.39, 0.29) is 11.8 Å². The van der Waals surface area contributed by atoms with Gasteiger partial charge in [0.2, 0.25) is 0 Å². The van der Waals surface area contributed by atoms with Gasteiger partial charge >= 0.3 is 0 Å². The second-order valence-electron chi connectivity index (χ2n) is 5.69. The van der Waals surface area contributed by atoms with Gasteiger partial charge in [-0.05, 0) is 48.5 Å². The fraction of sp³-hybridized carbons (Fsp3) is 0.